The van der Waals surface area contributed by atoms with Crippen molar-refractivity contribution in [2.24, 2.45) is 0 Å². The number of aromatic nitrogens is 1. The van der Waals surface area contributed by atoms with Gasteiger partial charge in [0.2, 0.25) is 0 Å². The third-order valence-corrected chi connectivity index (χ3v) is 3.82. The third-order valence-electron chi connectivity index (χ3n) is 2.77. The molecule has 0 unspecified atom stereocenters. The molecule has 3 nitrogen and oxygen atoms in total. The second kappa shape index (κ2) is 5.31. The van der Waals surface area contributed by atoms with Crippen LogP contribution in [0.25, 0.3) is 10.4 Å². The maximum absolute atomic E-state index is 10.7. The molecule has 0 aliphatic heterocycles. The second-order valence-electron chi connectivity index (χ2n) is 4.22. The summed E-state index contributed by atoms with van der Waals surface area (Å²) in [5.74, 6) is -0.781. The zero-order valence-corrected chi connectivity index (χ0v) is 11.3. The van der Waals surface area contributed by atoms with E-state index in [1.807, 2.05) is 19.1 Å². The van der Waals surface area contributed by atoms with Crippen molar-refractivity contribution in [3.8, 4) is 10.4 Å². The molecular formula is C14H15NO2S. The van der Waals surface area contributed by atoms with Crippen LogP contribution in [0, 0.1) is 13.8 Å². The van der Waals surface area contributed by atoms with E-state index in [1.165, 1.54) is 5.56 Å². The molecule has 0 saturated carbocycles. The van der Waals surface area contributed by atoms with Crippen LogP contribution in [-0.2, 0) is 11.2 Å². The van der Waals surface area contributed by atoms with Crippen LogP contribution in [0.15, 0.2) is 24.3 Å². The molecule has 18 heavy (non-hydrogen) atoms. The zero-order chi connectivity index (χ0) is 13.1. The molecule has 0 radical (unpaired) electrons. The fourth-order valence-corrected chi connectivity index (χ4v) is 2.96. The Morgan fingerprint density at radius 1 is 1.33 bits per heavy atom. The highest BCUT2D eigenvalue weighted by Gasteiger charge is 2.13. The number of thiazole rings is 1. The summed E-state index contributed by atoms with van der Waals surface area (Å²) >= 11 is 1.63. The number of hydrogen-bond donors (Lipinski definition) is 1. The monoisotopic (exact) mass is 261 g/mol. The minimum atomic E-state index is -0.781. The van der Waals surface area contributed by atoms with E-state index in [9.17, 15) is 4.79 Å². The van der Waals surface area contributed by atoms with Gasteiger partial charge in [-0.05, 0) is 25.0 Å². The Labute approximate surface area is 110 Å². The maximum atomic E-state index is 10.7. The van der Waals surface area contributed by atoms with Gasteiger partial charge in [-0.2, -0.15) is 0 Å². The number of hydrogen-bond acceptors (Lipinski definition) is 3. The highest BCUT2D eigenvalue weighted by atomic mass is 32.1. The number of carboxylic acid groups (broad SMARTS) is 1. The summed E-state index contributed by atoms with van der Waals surface area (Å²) < 4.78 is 0. The highest BCUT2D eigenvalue weighted by molar-refractivity contribution is 7.15. The summed E-state index contributed by atoms with van der Waals surface area (Å²) in [6.07, 6.45) is 0.616. The zero-order valence-electron chi connectivity index (χ0n) is 10.4. The average Bonchev–Trinajstić information content (AvgIpc) is 2.68. The van der Waals surface area contributed by atoms with Gasteiger partial charge in [-0.25, -0.2) is 4.98 Å². The Morgan fingerprint density at radius 2 is 2.06 bits per heavy atom. The molecule has 1 aromatic heterocycles. The van der Waals surface area contributed by atoms with Gasteiger partial charge < -0.3 is 5.11 Å². The highest BCUT2D eigenvalue weighted by Crippen LogP contribution is 2.32. The van der Waals surface area contributed by atoms with Crippen molar-refractivity contribution in [1.82, 2.24) is 4.98 Å². The Morgan fingerprint density at radius 3 is 2.72 bits per heavy atom. The molecule has 94 valence electrons. The molecule has 0 aliphatic rings. The predicted octanol–water partition coefficient (Wildman–Crippen LogP) is 3.44. The maximum Gasteiger partial charge on any atom is 0.303 e. The molecule has 1 heterocycles. The normalized spacial score (nSPS) is 10.6. The van der Waals surface area contributed by atoms with Gasteiger partial charge in [0.15, 0.2) is 0 Å². The first-order valence-corrected chi connectivity index (χ1v) is 6.63. The molecule has 0 aliphatic carbocycles. The fraction of sp³-hybridized carbons (Fsp3) is 0.286. The molecule has 2 rings (SSSR count). The number of nitrogens with zero attached hydrogens (tertiary/aromatic N) is 1. The van der Waals surface area contributed by atoms with Crippen LogP contribution in [0.1, 0.15) is 22.7 Å². The average molecular weight is 261 g/mol. The van der Waals surface area contributed by atoms with E-state index in [0.717, 1.165) is 21.1 Å². The number of rotatable bonds is 4. The molecular weight excluding hydrogens is 246 g/mol. The van der Waals surface area contributed by atoms with Crippen LogP contribution in [0.5, 0.6) is 0 Å². The summed E-state index contributed by atoms with van der Waals surface area (Å²) in [6, 6.07) is 8.12. The molecule has 0 fully saturated rings. The molecule has 2 aromatic rings. The first-order valence-electron chi connectivity index (χ1n) is 5.82. The number of benzene rings is 1. The van der Waals surface area contributed by atoms with E-state index in [1.54, 1.807) is 11.3 Å². The number of aryl methyl sites for hydroxylation is 3. The lowest BCUT2D eigenvalue weighted by Gasteiger charge is -2.04. The fourth-order valence-electron chi connectivity index (χ4n) is 1.90. The minimum absolute atomic E-state index is 0.127. The van der Waals surface area contributed by atoms with Gasteiger partial charge in [-0.1, -0.05) is 24.3 Å². The van der Waals surface area contributed by atoms with Crippen molar-refractivity contribution < 1.29 is 9.90 Å². The van der Waals surface area contributed by atoms with Crippen molar-refractivity contribution >= 4 is 17.3 Å². The molecule has 0 amide bonds. The molecule has 0 bridgehead atoms. The quantitative estimate of drug-likeness (QED) is 0.917. The second-order valence-corrected chi connectivity index (χ2v) is 5.42. The summed E-state index contributed by atoms with van der Waals surface area (Å²) in [4.78, 5) is 16.2. The van der Waals surface area contributed by atoms with E-state index in [0.29, 0.717) is 6.42 Å². The van der Waals surface area contributed by atoms with E-state index in [-0.39, 0.29) is 6.42 Å². The van der Waals surface area contributed by atoms with E-state index in [4.69, 9.17) is 5.11 Å². The molecule has 4 heteroatoms. The lowest BCUT2D eigenvalue weighted by molar-refractivity contribution is -0.136. The van der Waals surface area contributed by atoms with Crippen LogP contribution in [-0.4, -0.2) is 16.1 Å². The van der Waals surface area contributed by atoms with Gasteiger partial charge in [0.1, 0.15) is 0 Å². The standard InChI is InChI=1S/C14H15NO2S/c1-9-5-3-4-6-11(9)14-12(7-8-13(16)17)15-10(2)18-14/h3-6H,7-8H2,1-2H3,(H,16,17). The van der Waals surface area contributed by atoms with Gasteiger partial charge in [-0.3, -0.25) is 4.79 Å². The molecule has 1 aromatic carbocycles. The minimum Gasteiger partial charge on any atom is -0.481 e. The van der Waals surface area contributed by atoms with Gasteiger partial charge in [0.05, 0.1) is 22.0 Å². The smallest absolute Gasteiger partial charge is 0.303 e. The Balaban J connectivity index is 2.38. The van der Waals surface area contributed by atoms with Gasteiger partial charge >= 0.3 is 5.97 Å². The van der Waals surface area contributed by atoms with Crippen molar-refractivity contribution in [2.45, 2.75) is 26.7 Å². The summed E-state index contributed by atoms with van der Waals surface area (Å²) in [5, 5.41) is 9.75. The number of carbonyl (C=O) groups is 1. The Kier molecular flexibility index (Phi) is 3.77. The van der Waals surface area contributed by atoms with E-state index >= 15 is 0 Å². The summed E-state index contributed by atoms with van der Waals surface area (Å²) in [7, 11) is 0. The van der Waals surface area contributed by atoms with Crippen molar-refractivity contribution in [2.75, 3.05) is 0 Å². The number of carboxylic acids is 1. The molecule has 0 spiro atoms. The van der Waals surface area contributed by atoms with Crippen LogP contribution in [0.3, 0.4) is 0 Å². The molecule has 0 atom stereocenters. The van der Waals surface area contributed by atoms with Crippen LogP contribution in [0.2, 0.25) is 0 Å². The third kappa shape index (κ3) is 2.76. The number of aliphatic carboxylic acids is 1. The van der Waals surface area contributed by atoms with Crippen molar-refractivity contribution in [1.29, 1.82) is 0 Å². The lowest BCUT2D eigenvalue weighted by Crippen LogP contribution is -1.99. The predicted molar refractivity (Wildman–Crippen MR) is 73.0 cm³/mol. The first kappa shape index (κ1) is 12.8. The topological polar surface area (TPSA) is 50.2 Å². The van der Waals surface area contributed by atoms with Gasteiger partial charge in [-0.15, -0.1) is 11.3 Å². The Hall–Kier alpha value is -1.68. The van der Waals surface area contributed by atoms with Crippen LogP contribution < -0.4 is 0 Å². The summed E-state index contributed by atoms with van der Waals surface area (Å²) in [5.41, 5.74) is 3.25. The van der Waals surface area contributed by atoms with Crippen molar-refractivity contribution in [3.63, 3.8) is 0 Å². The SMILES string of the molecule is Cc1nc(CCC(=O)O)c(-c2ccccc2C)s1. The largest absolute Gasteiger partial charge is 0.481 e. The van der Waals surface area contributed by atoms with E-state index in [2.05, 4.69) is 24.0 Å². The van der Waals surface area contributed by atoms with Gasteiger partial charge in [0, 0.05) is 6.42 Å². The van der Waals surface area contributed by atoms with Crippen LogP contribution in [0.4, 0.5) is 0 Å². The molecule has 1 N–H and O–H groups in total. The van der Waals surface area contributed by atoms with E-state index < -0.39 is 5.97 Å². The van der Waals surface area contributed by atoms with Crippen molar-refractivity contribution in [3.05, 3.63) is 40.5 Å². The summed E-state index contributed by atoms with van der Waals surface area (Å²) in [6.45, 7) is 4.02. The lowest BCUT2D eigenvalue weighted by atomic mass is 10.0. The van der Waals surface area contributed by atoms with Crippen LogP contribution >= 0.6 is 11.3 Å². The first-order chi connectivity index (χ1) is 8.58. The molecule has 0 saturated heterocycles. The Bertz CT molecular complexity index is 575. The van der Waals surface area contributed by atoms with Gasteiger partial charge in [0.25, 0.3) is 0 Å².